The Morgan fingerprint density at radius 3 is 2.45 bits per heavy atom. The van der Waals surface area contributed by atoms with Crippen LogP contribution in [-0.2, 0) is 13.0 Å². The number of benzene rings is 2. The lowest BCUT2D eigenvalue weighted by Gasteiger charge is -2.30. The Bertz CT molecular complexity index is 1020. The van der Waals surface area contributed by atoms with Gasteiger partial charge in [0.15, 0.2) is 11.5 Å². The fourth-order valence-electron chi connectivity index (χ4n) is 3.46. The summed E-state index contributed by atoms with van der Waals surface area (Å²) in [7, 11) is 3.26. The molecule has 3 aromatic rings. The number of hydrogen-bond donors (Lipinski definition) is 0. The average molecular weight is 407 g/mol. The van der Waals surface area contributed by atoms with Gasteiger partial charge in [-0.1, -0.05) is 30.0 Å². The van der Waals surface area contributed by atoms with E-state index in [0.717, 1.165) is 27.7 Å². The molecule has 1 amide bonds. The third kappa shape index (κ3) is 4.07. The highest BCUT2D eigenvalue weighted by Gasteiger charge is 2.25. The second kappa shape index (κ2) is 8.57. The molecule has 2 heterocycles. The van der Waals surface area contributed by atoms with Crippen molar-refractivity contribution in [1.82, 2.24) is 9.88 Å². The molecule has 1 aliphatic rings. The van der Waals surface area contributed by atoms with Gasteiger partial charge < -0.3 is 14.4 Å². The second-order valence-electron chi connectivity index (χ2n) is 6.72. The van der Waals surface area contributed by atoms with E-state index in [-0.39, 0.29) is 5.91 Å². The third-order valence-corrected chi connectivity index (χ3v) is 5.99. The SMILES string of the molecule is COc1cc2c(cc1OC)CN(C(=O)c1cccnc1Sc1ccccc1)CC2. The van der Waals surface area contributed by atoms with Crippen LogP contribution in [-0.4, -0.2) is 36.6 Å². The molecule has 29 heavy (non-hydrogen) atoms. The Balaban J connectivity index is 1.59. The van der Waals surface area contributed by atoms with E-state index in [9.17, 15) is 4.79 Å². The molecule has 4 rings (SSSR count). The Hall–Kier alpha value is -2.99. The summed E-state index contributed by atoms with van der Waals surface area (Å²) in [5.74, 6) is 1.40. The number of carbonyl (C=O) groups is 1. The second-order valence-corrected chi connectivity index (χ2v) is 7.79. The third-order valence-electron chi connectivity index (χ3n) is 4.96. The molecule has 0 bridgehead atoms. The zero-order valence-corrected chi connectivity index (χ0v) is 17.2. The van der Waals surface area contributed by atoms with E-state index in [1.165, 1.54) is 17.3 Å². The molecule has 1 aliphatic heterocycles. The maximum Gasteiger partial charge on any atom is 0.256 e. The van der Waals surface area contributed by atoms with E-state index in [1.54, 1.807) is 20.4 Å². The van der Waals surface area contributed by atoms with Crippen LogP contribution in [0, 0.1) is 0 Å². The number of methoxy groups -OCH3 is 2. The van der Waals surface area contributed by atoms with Gasteiger partial charge in [0.1, 0.15) is 5.03 Å². The summed E-state index contributed by atoms with van der Waals surface area (Å²) in [6.07, 6.45) is 2.51. The number of rotatable bonds is 5. The lowest BCUT2D eigenvalue weighted by molar-refractivity contribution is 0.0730. The van der Waals surface area contributed by atoms with Crippen molar-refractivity contribution < 1.29 is 14.3 Å². The summed E-state index contributed by atoms with van der Waals surface area (Å²) in [6.45, 7) is 1.20. The minimum atomic E-state index is -0.00281. The molecule has 0 N–H and O–H groups in total. The van der Waals surface area contributed by atoms with Crippen LogP contribution in [0.4, 0.5) is 0 Å². The molecule has 0 radical (unpaired) electrons. The van der Waals surface area contributed by atoms with Crippen LogP contribution < -0.4 is 9.47 Å². The average Bonchev–Trinajstić information content (AvgIpc) is 2.78. The van der Waals surface area contributed by atoms with Gasteiger partial charge in [0.05, 0.1) is 19.8 Å². The van der Waals surface area contributed by atoms with Crippen LogP contribution in [0.25, 0.3) is 0 Å². The molecule has 0 atom stereocenters. The predicted octanol–water partition coefficient (Wildman–Crippen LogP) is 4.45. The lowest BCUT2D eigenvalue weighted by Crippen LogP contribution is -2.36. The quantitative estimate of drug-likeness (QED) is 0.627. The van der Waals surface area contributed by atoms with Crippen molar-refractivity contribution in [2.75, 3.05) is 20.8 Å². The number of aromatic nitrogens is 1. The molecule has 0 aliphatic carbocycles. The summed E-state index contributed by atoms with van der Waals surface area (Å²) >= 11 is 1.51. The van der Waals surface area contributed by atoms with Gasteiger partial charge in [0.25, 0.3) is 5.91 Å². The van der Waals surface area contributed by atoms with Gasteiger partial charge in [-0.05, 0) is 53.9 Å². The van der Waals surface area contributed by atoms with Crippen molar-refractivity contribution >= 4 is 17.7 Å². The molecular weight excluding hydrogens is 384 g/mol. The first-order valence-corrected chi connectivity index (χ1v) is 10.2. The molecular formula is C23H22N2O3S. The van der Waals surface area contributed by atoms with E-state index in [0.29, 0.717) is 24.4 Å². The molecule has 0 spiro atoms. The van der Waals surface area contributed by atoms with Gasteiger partial charge in [0.2, 0.25) is 0 Å². The first kappa shape index (κ1) is 19.3. The van der Waals surface area contributed by atoms with E-state index in [2.05, 4.69) is 4.98 Å². The van der Waals surface area contributed by atoms with Gasteiger partial charge in [-0.2, -0.15) is 0 Å². The molecule has 0 saturated carbocycles. The molecule has 5 nitrogen and oxygen atoms in total. The van der Waals surface area contributed by atoms with Crippen LogP contribution in [0.15, 0.2) is 70.7 Å². The van der Waals surface area contributed by atoms with E-state index >= 15 is 0 Å². The van der Waals surface area contributed by atoms with Gasteiger partial charge in [-0.15, -0.1) is 0 Å². The minimum Gasteiger partial charge on any atom is -0.493 e. The van der Waals surface area contributed by atoms with Gasteiger partial charge in [-0.3, -0.25) is 4.79 Å². The van der Waals surface area contributed by atoms with Gasteiger partial charge >= 0.3 is 0 Å². The first-order valence-electron chi connectivity index (χ1n) is 9.40. The summed E-state index contributed by atoms with van der Waals surface area (Å²) in [5, 5.41) is 0.724. The number of nitrogens with zero attached hydrogens (tertiary/aromatic N) is 2. The molecule has 0 fully saturated rings. The zero-order chi connectivity index (χ0) is 20.2. The molecule has 148 valence electrons. The normalized spacial score (nSPS) is 13.0. The van der Waals surface area contributed by atoms with Crippen molar-refractivity contribution in [1.29, 1.82) is 0 Å². The molecule has 0 saturated heterocycles. The van der Waals surface area contributed by atoms with Crippen molar-refractivity contribution in [3.8, 4) is 11.5 Å². The topological polar surface area (TPSA) is 51.7 Å². The number of amides is 1. The smallest absolute Gasteiger partial charge is 0.256 e. The maximum atomic E-state index is 13.3. The van der Waals surface area contributed by atoms with Crippen LogP contribution in [0.1, 0.15) is 21.5 Å². The Morgan fingerprint density at radius 2 is 1.72 bits per heavy atom. The standard InChI is InChI=1S/C23H22N2O3S/c1-27-20-13-16-10-12-25(15-17(16)14-21(20)28-2)23(26)19-9-6-11-24-22(19)29-18-7-4-3-5-8-18/h3-9,11,13-14H,10,12,15H2,1-2H3. The van der Waals surface area contributed by atoms with Gasteiger partial charge in [-0.25, -0.2) is 4.98 Å². The highest BCUT2D eigenvalue weighted by molar-refractivity contribution is 7.99. The van der Waals surface area contributed by atoms with Crippen molar-refractivity contribution in [2.45, 2.75) is 22.9 Å². The number of hydrogen-bond acceptors (Lipinski definition) is 5. The van der Waals surface area contributed by atoms with Crippen molar-refractivity contribution in [3.05, 3.63) is 77.5 Å². The van der Waals surface area contributed by atoms with Crippen LogP contribution in [0.5, 0.6) is 11.5 Å². The van der Waals surface area contributed by atoms with E-state index < -0.39 is 0 Å². The maximum absolute atomic E-state index is 13.3. The zero-order valence-electron chi connectivity index (χ0n) is 16.4. The lowest BCUT2D eigenvalue weighted by atomic mass is 9.98. The minimum absolute atomic E-state index is 0.00281. The van der Waals surface area contributed by atoms with Crippen LogP contribution in [0.3, 0.4) is 0 Å². The van der Waals surface area contributed by atoms with Crippen molar-refractivity contribution in [2.24, 2.45) is 0 Å². The fourth-order valence-corrected chi connectivity index (χ4v) is 4.36. The summed E-state index contributed by atoms with van der Waals surface area (Å²) in [5.41, 5.74) is 2.91. The summed E-state index contributed by atoms with van der Waals surface area (Å²) in [6, 6.07) is 17.6. The van der Waals surface area contributed by atoms with E-state index in [1.807, 2.05) is 59.5 Å². The molecule has 0 unspecified atom stereocenters. The molecule has 2 aromatic carbocycles. The Morgan fingerprint density at radius 1 is 1.00 bits per heavy atom. The fraction of sp³-hybridized carbons (Fsp3) is 0.217. The van der Waals surface area contributed by atoms with Crippen LogP contribution in [0.2, 0.25) is 0 Å². The Labute approximate surface area is 174 Å². The number of carbonyl (C=O) groups excluding carboxylic acids is 1. The van der Waals surface area contributed by atoms with Crippen LogP contribution >= 0.6 is 11.8 Å². The predicted molar refractivity (Wildman–Crippen MR) is 113 cm³/mol. The first-order chi connectivity index (χ1) is 14.2. The Kier molecular flexibility index (Phi) is 5.71. The number of pyridine rings is 1. The van der Waals surface area contributed by atoms with Gasteiger partial charge in [0, 0.05) is 24.2 Å². The van der Waals surface area contributed by atoms with E-state index in [4.69, 9.17) is 9.47 Å². The number of fused-ring (bicyclic) bond motifs is 1. The molecule has 1 aromatic heterocycles. The summed E-state index contributed by atoms with van der Waals surface area (Å²) < 4.78 is 10.8. The number of ether oxygens (including phenoxy) is 2. The van der Waals surface area contributed by atoms with Crippen molar-refractivity contribution in [3.63, 3.8) is 0 Å². The molecule has 6 heteroatoms. The largest absolute Gasteiger partial charge is 0.493 e. The highest BCUT2D eigenvalue weighted by Crippen LogP contribution is 2.34. The summed E-state index contributed by atoms with van der Waals surface area (Å²) in [4.78, 5) is 20.7. The monoisotopic (exact) mass is 406 g/mol. The highest BCUT2D eigenvalue weighted by atomic mass is 32.2.